The summed E-state index contributed by atoms with van der Waals surface area (Å²) in [4.78, 5) is 0. The maximum Gasteiger partial charge on any atom is 0.119 e. The summed E-state index contributed by atoms with van der Waals surface area (Å²) in [6.07, 6.45) is 2.07. The van der Waals surface area contributed by atoms with Crippen LogP contribution in [0.3, 0.4) is 0 Å². The van der Waals surface area contributed by atoms with Gasteiger partial charge in [0.15, 0.2) is 0 Å². The van der Waals surface area contributed by atoms with Crippen molar-refractivity contribution in [3.05, 3.63) is 62.5 Å². The Kier molecular flexibility index (Phi) is 4.15. The molecular formula is C16H14Br2O2. The van der Waals surface area contributed by atoms with E-state index in [1.807, 2.05) is 42.5 Å². The molecule has 0 heterocycles. The Morgan fingerprint density at radius 2 is 1.60 bits per heavy atom. The van der Waals surface area contributed by atoms with Crippen molar-refractivity contribution in [1.29, 1.82) is 0 Å². The number of ether oxygens (including phenoxy) is 1. The van der Waals surface area contributed by atoms with Crippen LogP contribution in [-0.4, -0.2) is 11.2 Å². The number of halogens is 2. The topological polar surface area (TPSA) is 29.5 Å². The van der Waals surface area contributed by atoms with Crippen molar-refractivity contribution >= 4 is 31.9 Å². The second kappa shape index (κ2) is 5.88. The van der Waals surface area contributed by atoms with Crippen LogP contribution in [0.15, 0.2) is 51.4 Å². The summed E-state index contributed by atoms with van der Waals surface area (Å²) in [6.45, 7) is 0. The molecule has 3 rings (SSSR count). The SMILES string of the molecule is OC(c1ccc(OC2CC2)cc1)c1ccc(Br)c(Br)c1. The standard InChI is InChI=1S/C16H14Br2O2/c17-14-8-3-11(9-15(14)18)16(19)10-1-4-12(5-2-10)20-13-6-7-13/h1-5,8-9,13,16,19H,6-7H2. The van der Waals surface area contributed by atoms with Gasteiger partial charge in [0.2, 0.25) is 0 Å². The Labute approximate surface area is 135 Å². The fourth-order valence-electron chi connectivity index (χ4n) is 1.98. The van der Waals surface area contributed by atoms with Crippen molar-refractivity contribution in [2.45, 2.75) is 25.0 Å². The Balaban J connectivity index is 1.78. The molecule has 0 amide bonds. The minimum absolute atomic E-state index is 0.396. The van der Waals surface area contributed by atoms with Crippen molar-refractivity contribution in [2.24, 2.45) is 0 Å². The molecule has 2 aromatic rings. The summed E-state index contributed by atoms with van der Waals surface area (Å²) < 4.78 is 7.61. The predicted octanol–water partition coefficient (Wildman–Crippen LogP) is 4.83. The molecule has 4 heteroatoms. The quantitative estimate of drug-likeness (QED) is 0.800. The van der Waals surface area contributed by atoms with E-state index in [0.29, 0.717) is 6.10 Å². The highest BCUT2D eigenvalue weighted by atomic mass is 79.9. The molecule has 20 heavy (non-hydrogen) atoms. The summed E-state index contributed by atoms with van der Waals surface area (Å²) >= 11 is 6.88. The fraction of sp³-hybridized carbons (Fsp3) is 0.250. The molecule has 1 saturated carbocycles. The maximum absolute atomic E-state index is 10.4. The average Bonchev–Trinajstić information content (AvgIpc) is 3.26. The molecular weight excluding hydrogens is 384 g/mol. The van der Waals surface area contributed by atoms with Gasteiger partial charge in [0.25, 0.3) is 0 Å². The Morgan fingerprint density at radius 1 is 0.950 bits per heavy atom. The first-order chi connectivity index (χ1) is 9.63. The monoisotopic (exact) mass is 396 g/mol. The van der Waals surface area contributed by atoms with E-state index in [1.54, 1.807) is 0 Å². The molecule has 0 radical (unpaired) electrons. The van der Waals surface area contributed by atoms with Crippen LogP contribution in [0.25, 0.3) is 0 Å². The lowest BCUT2D eigenvalue weighted by Gasteiger charge is -2.13. The third-order valence-corrected chi connectivity index (χ3v) is 5.16. The van der Waals surface area contributed by atoms with E-state index in [9.17, 15) is 5.11 Å². The van der Waals surface area contributed by atoms with E-state index < -0.39 is 6.10 Å². The molecule has 1 atom stereocenters. The molecule has 2 aromatic carbocycles. The van der Waals surface area contributed by atoms with Crippen LogP contribution in [0, 0.1) is 0 Å². The van der Waals surface area contributed by atoms with Gasteiger partial charge in [-0.2, -0.15) is 0 Å². The summed E-state index contributed by atoms with van der Waals surface area (Å²) in [7, 11) is 0. The zero-order chi connectivity index (χ0) is 14.1. The molecule has 0 bridgehead atoms. The van der Waals surface area contributed by atoms with Crippen molar-refractivity contribution in [3.63, 3.8) is 0 Å². The largest absolute Gasteiger partial charge is 0.490 e. The fourth-order valence-corrected chi connectivity index (χ4v) is 2.63. The molecule has 2 nitrogen and oxygen atoms in total. The molecule has 104 valence electrons. The number of hydrogen-bond acceptors (Lipinski definition) is 2. The normalized spacial score (nSPS) is 15.9. The summed E-state index contributed by atoms with van der Waals surface area (Å²) in [6, 6.07) is 13.4. The average molecular weight is 398 g/mol. The Hall–Kier alpha value is -0.840. The summed E-state index contributed by atoms with van der Waals surface area (Å²) in [5.74, 6) is 0.875. The number of hydrogen-bond donors (Lipinski definition) is 1. The van der Waals surface area contributed by atoms with Gasteiger partial charge in [-0.05, 0) is 80.1 Å². The molecule has 0 saturated heterocycles. The molecule has 0 aliphatic heterocycles. The lowest BCUT2D eigenvalue weighted by atomic mass is 10.0. The molecule has 1 aliphatic carbocycles. The number of rotatable bonds is 4. The van der Waals surface area contributed by atoms with Gasteiger partial charge in [-0.3, -0.25) is 0 Å². The molecule has 1 fully saturated rings. The highest BCUT2D eigenvalue weighted by Gasteiger charge is 2.23. The third-order valence-electron chi connectivity index (χ3n) is 3.28. The van der Waals surface area contributed by atoms with E-state index in [0.717, 1.165) is 38.7 Å². The van der Waals surface area contributed by atoms with Crippen molar-refractivity contribution in [1.82, 2.24) is 0 Å². The van der Waals surface area contributed by atoms with Crippen LogP contribution >= 0.6 is 31.9 Å². The molecule has 1 unspecified atom stereocenters. The van der Waals surface area contributed by atoms with Crippen LogP contribution in [0.1, 0.15) is 30.1 Å². The van der Waals surface area contributed by atoms with E-state index in [1.165, 1.54) is 0 Å². The minimum atomic E-state index is -0.630. The van der Waals surface area contributed by atoms with Crippen LogP contribution in [0.5, 0.6) is 5.75 Å². The lowest BCUT2D eigenvalue weighted by Crippen LogP contribution is -2.00. The van der Waals surface area contributed by atoms with Gasteiger partial charge in [0, 0.05) is 8.95 Å². The minimum Gasteiger partial charge on any atom is -0.490 e. The first-order valence-electron chi connectivity index (χ1n) is 6.53. The van der Waals surface area contributed by atoms with Crippen LogP contribution in [0.4, 0.5) is 0 Å². The molecule has 1 N–H and O–H groups in total. The van der Waals surface area contributed by atoms with Gasteiger partial charge >= 0.3 is 0 Å². The Morgan fingerprint density at radius 3 is 2.20 bits per heavy atom. The summed E-state index contributed by atoms with van der Waals surface area (Å²) in [5.41, 5.74) is 1.72. The zero-order valence-electron chi connectivity index (χ0n) is 10.7. The van der Waals surface area contributed by atoms with Gasteiger partial charge in [0.05, 0.1) is 6.10 Å². The third kappa shape index (κ3) is 3.25. The van der Waals surface area contributed by atoms with Crippen molar-refractivity contribution in [2.75, 3.05) is 0 Å². The van der Waals surface area contributed by atoms with Crippen LogP contribution in [0.2, 0.25) is 0 Å². The van der Waals surface area contributed by atoms with Gasteiger partial charge in [-0.1, -0.05) is 18.2 Å². The van der Waals surface area contributed by atoms with E-state index in [4.69, 9.17) is 4.74 Å². The first-order valence-corrected chi connectivity index (χ1v) is 8.12. The number of benzene rings is 2. The predicted molar refractivity (Wildman–Crippen MR) is 86.0 cm³/mol. The lowest BCUT2D eigenvalue weighted by molar-refractivity contribution is 0.220. The van der Waals surface area contributed by atoms with Crippen molar-refractivity contribution < 1.29 is 9.84 Å². The van der Waals surface area contributed by atoms with E-state index in [-0.39, 0.29) is 0 Å². The number of aliphatic hydroxyl groups is 1. The summed E-state index contributed by atoms with van der Waals surface area (Å²) in [5, 5.41) is 10.4. The van der Waals surface area contributed by atoms with Crippen LogP contribution < -0.4 is 4.74 Å². The van der Waals surface area contributed by atoms with Crippen LogP contribution in [-0.2, 0) is 0 Å². The van der Waals surface area contributed by atoms with Crippen molar-refractivity contribution in [3.8, 4) is 5.75 Å². The zero-order valence-corrected chi connectivity index (χ0v) is 13.9. The second-order valence-electron chi connectivity index (χ2n) is 4.96. The van der Waals surface area contributed by atoms with Gasteiger partial charge in [0.1, 0.15) is 11.9 Å². The highest BCUT2D eigenvalue weighted by Crippen LogP contribution is 2.31. The number of aliphatic hydroxyl groups excluding tert-OH is 1. The first kappa shape index (κ1) is 14.1. The molecule has 1 aliphatic rings. The van der Waals surface area contributed by atoms with Gasteiger partial charge in [-0.15, -0.1) is 0 Å². The Bertz CT molecular complexity index is 606. The van der Waals surface area contributed by atoms with Gasteiger partial charge < -0.3 is 9.84 Å². The smallest absolute Gasteiger partial charge is 0.119 e. The van der Waals surface area contributed by atoms with Gasteiger partial charge in [-0.25, -0.2) is 0 Å². The molecule has 0 aromatic heterocycles. The second-order valence-corrected chi connectivity index (χ2v) is 6.67. The highest BCUT2D eigenvalue weighted by molar-refractivity contribution is 9.13. The van der Waals surface area contributed by atoms with E-state index >= 15 is 0 Å². The maximum atomic E-state index is 10.4. The van der Waals surface area contributed by atoms with E-state index in [2.05, 4.69) is 31.9 Å². The molecule has 0 spiro atoms.